The Labute approximate surface area is 226 Å². The summed E-state index contributed by atoms with van der Waals surface area (Å²) >= 11 is 0. The molecule has 3 N–H and O–H groups in total. The van der Waals surface area contributed by atoms with Crippen LogP contribution in [0.5, 0.6) is 0 Å². The summed E-state index contributed by atoms with van der Waals surface area (Å²) in [5.41, 5.74) is 11.0. The SMILES string of the molecule is COCC(=O)Nc1cc(-c2cccc(CN(C(=O)OC)C3CCC(N)CC3)c2)ccc1N1CCCCCC1. The summed E-state index contributed by atoms with van der Waals surface area (Å²) in [4.78, 5) is 29.4. The maximum atomic E-state index is 12.7. The van der Waals surface area contributed by atoms with E-state index in [2.05, 4.69) is 34.5 Å². The fourth-order valence-electron chi connectivity index (χ4n) is 5.64. The highest BCUT2D eigenvalue weighted by molar-refractivity contribution is 5.96. The third-order valence-electron chi connectivity index (χ3n) is 7.70. The van der Waals surface area contributed by atoms with E-state index in [-0.39, 0.29) is 30.7 Å². The highest BCUT2D eigenvalue weighted by Crippen LogP contribution is 2.34. The molecule has 2 aliphatic rings. The number of carbonyl (C=O) groups is 2. The van der Waals surface area contributed by atoms with Crippen LogP contribution in [-0.2, 0) is 20.8 Å². The standard InChI is InChI=1S/C30H42N4O4/c1-37-21-29(35)32-27-19-24(10-15-28(27)33-16-5-3-4-6-17-33)23-9-7-8-22(18-23)20-34(30(36)38-2)26-13-11-25(31)12-14-26/h7-10,15,18-19,25-26H,3-6,11-14,16-17,20-21,31H2,1-2H3,(H,32,35). The lowest BCUT2D eigenvalue weighted by Gasteiger charge is -2.35. The molecule has 0 bridgehead atoms. The van der Waals surface area contributed by atoms with E-state index in [4.69, 9.17) is 15.2 Å². The second-order valence-electron chi connectivity index (χ2n) is 10.5. The third kappa shape index (κ3) is 7.26. The van der Waals surface area contributed by atoms with Crippen molar-refractivity contribution in [3.05, 3.63) is 48.0 Å². The molecule has 2 aromatic carbocycles. The zero-order chi connectivity index (χ0) is 26.9. The molecule has 0 atom stereocenters. The molecule has 8 heteroatoms. The van der Waals surface area contributed by atoms with E-state index >= 15 is 0 Å². The molecule has 1 saturated heterocycles. The monoisotopic (exact) mass is 522 g/mol. The normalized spacial score (nSPS) is 19.9. The number of nitrogens with one attached hydrogen (secondary N) is 1. The van der Waals surface area contributed by atoms with Gasteiger partial charge in [-0.1, -0.05) is 37.1 Å². The van der Waals surface area contributed by atoms with E-state index < -0.39 is 0 Å². The largest absolute Gasteiger partial charge is 0.453 e. The zero-order valence-corrected chi connectivity index (χ0v) is 22.8. The Morgan fingerprint density at radius 3 is 2.37 bits per heavy atom. The summed E-state index contributed by atoms with van der Waals surface area (Å²) in [5, 5.41) is 3.07. The summed E-state index contributed by atoms with van der Waals surface area (Å²) in [5.74, 6) is -0.171. The van der Waals surface area contributed by atoms with Crippen LogP contribution in [0.25, 0.3) is 11.1 Å². The molecule has 1 aliphatic heterocycles. The van der Waals surface area contributed by atoms with Crippen molar-refractivity contribution in [1.82, 2.24) is 4.90 Å². The van der Waals surface area contributed by atoms with Crippen LogP contribution in [-0.4, -0.2) is 62.9 Å². The van der Waals surface area contributed by atoms with Gasteiger partial charge in [0.2, 0.25) is 5.91 Å². The van der Waals surface area contributed by atoms with Crippen molar-refractivity contribution in [2.24, 2.45) is 5.73 Å². The van der Waals surface area contributed by atoms with Gasteiger partial charge in [-0.05, 0) is 73.4 Å². The Hall–Kier alpha value is -3.10. The summed E-state index contributed by atoms with van der Waals surface area (Å²) < 4.78 is 10.2. The van der Waals surface area contributed by atoms with Crippen LogP contribution in [0.1, 0.15) is 56.9 Å². The highest BCUT2D eigenvalue weighted by atomic mass is 16.5. The molecule has 8 nitrogen and oxygen atoms in total. The van der Waals surface area contributed by atoms with Gasteiger partial charge < -0.3 is 30.3 Å². The maximum absolute atomic E-state index is 12.7. The van der Waals surface area contributed by atoms with Gasteiger partial charge in [-0.3, -0.25) is 4.79 Å². The van der Waals surface area contributed by atoms with Gasteiger partial charge in [-0.2, -0.15) is 0 Å². The Bertz CT molecular complexity index is 1080. The van der Waals surface area contributed by atoms with Crippen molar-refractivity contribution in [2.75, 3.05) is 44.1 Å². The van der Waals surface area contributed by atoms with Crippen LogP contribution < -0.4 is 16.0 Å². The molecule has 0 aromatic heterocycles. The van der Waals surface area contributed by atoms with Gasteiger partial charge in [0.15, 0.2) is 0 Å². The van der Waals surface area contributed by atoms with Gasteiger partial charge in [0, 0.05) is 38.8 Å². The number of hydrogen-bond acceptors (Lipinski definition) is 6. The molecule has 1 saturated carbocycles. The van der Waals surface area contributed by atoms with Gasteiger partial charge in [0.05, 0.1) is 18.5 Å². The number of hydrogen-bond donors (Lipinski definition) is 2. The summed E-state index contributed by atoms with van der Waals surface area (Å²) in [6.45, 7) is 2.45. The second-order valence-corrected chi connectivity index (χ2v) is 10.5. The van der Waals surface area contributed by atoms with E-state index in [9.17, 15) is 9.59 Å². The first-order valence-corrected chi connectivity index (χ1v) is 13.9. The Morgan fingerprint density at radius 2 is 1.68 bits per heavy atom. The fraction of sp³-hybridized carbons (Fsp3) is 0.533. The van der Waals surface area contributed by atoms with Gasteiger partial charge in [-0.25, -0.2) is 4.79 Å². The molecular formula is C30H42N4O4. The first-order chi connectivity index (χ1) is 18.5. The average molecular weight is 523 g/mol. The van der Waals surface area contributed by atoms with Crippen LogP contribution >= 0.6 is 0 Å². The van der Waals surface area contributed by atoms with Gasteiger partial charge in [-0.15, -0.1) is 0 Å². The molecule has 2 amide bonds. The number of ether oxygens (including phenoxy) is 2. The molecule has 1 aliphatic carbocycles. The Morgan fingerprint density at radius 1 is 0.974 bits per heavy atom. The van der Waals surface area contributed by atoms with Gasteiger partial charge >= 0.3 is 6.09 Å². The van der Waals surface area contributed by atoms with Crippen molar-refractivity contribution >= 4 is 23.4 Å². The molecular weight excluding hydrogens is 480 g/mol. The van der Waals surface area contributed by atoms with Crippen molar-refractivity contribution in [2.45, 2.75) is 70.0 Å². The smallest absolute Gasteiger partial charge is 0.410 e. The molecule has 38 heavy (non-hydrogen) atoms. The minimum absolute atomic E-state index is 0.00852. The van der Waals surface area contributed by atoms with Crippen LogP contribution in [0.3, 0.4) is 0 Å². The first-order valence-electron chi connectivity index (χ1n) is 13.9. The van der Waals surface area contributed by atoms with Crippen LogP contribution in [0.15, 0.2) is 42.5 Å². The molecule has 2 fully saturated rings. The van der Waals surface area contributed by atoms with E-state index in [1.54, 1.807) is 0 Å². The van der Waals surface area contributed by atoms with Gasteiger partial charge in [0.1, 0.15) is 6.61 Å². The number of anilines is 2. The predicted octanol–water partition coefficient (Wildman–Crippen LogP) is 5.16. The number of carbonyl (C=O) groups excluding carboxylic acids is 2. The minimum Gasteiger partial charge on any atom is -0.453 e. The lowest BCUT2D eigenvalue weighted by molar-refractivity contribution is -0.119. The Kier molecular flexibility index (Phi) is 10.0. The summed E-state index contributed by atoms with van der Waals surface area (Å²) in [7, 11) is 2.96. The second kappa shape index (κ2) is 13.6. The minimum atomic E-state index is -0.305. The summed E-state index contributed by atoms with van der Waals surface area (Å²) in [6.07, 6.45) is 8.08. The van der Waals surface area contributed by atoms with E-state index in [0.717, 1.165) is 79.7 Å². The fourth-order valence-corrected chi connectivity index (χ4v) is 5.64. The molecule has 0 unspecified atom stereocenters. The topological polar surface area (TPSA) is 97.1 Å². The maximum Gasteiger partial charge on any atom is 0.410 e. The lowest BCUT2D eigenvalue weighted by Crippen LogP contribution is -2.43. The zero-order valence-electron chi connectivity index (χ0n) is 22.8. The first kappa shape index (κ1) is 27.9. The quantitative estimate of drug-likeness (QED) is 0.497. The van der Waals surface area contributed by atoms with Crippen molar-refractivity contribution in [1.29, 1.82) is 0 Å². The van der Waals surface area contributed by atoms with Crippen LogP contribution in [0, 0.1) is 0 Å². The summed E-state index contributed by atoms with van der Waals surface area (Å²) in [6, 6.07) is 14.9. The number of amides is 2. The third-order valence-corrected chi connectivity index (χ3v) is 7.70. The molecule has 4 rings (SSSR count). The number of nitrogens with zero attached hydrogens (tertiary/aromatic N) is 2. The molecule has 1 heterocycles. The number of benzene rings is 2. The average Bonchev–Trinajstić information content (AvgIpc) is 3.22. The highest BCUT2D eigenvalue weighted by Gasteiger charge is 2.28. The van der Waals surface area contributed by atoms with Crippen LogP contribution in [0.4, 0.5) is 16.2 Å². The van der Waals surface area contributed by atoms with Gasteiger partial charge in [0.25, 0.3) is 0 Å². The Balaban J connectivity index is 1.59. The van der Waals surface area contributed by atoms with Crippen LogP contribution in [0.2, 0.25) is 0 Å². The van der Waals surface area contributed by atoms with E-state index in [0.29, 0.717) is 6.54 Å². The van der Waals surface area contributed by atoms with E-state index in [1.165, 1.54) is 27.1 Å². The number of rotatable bonds is 8. The van der Waals surface area contributed by atoms with E-state index in [1.807, 2.05) is 23.1 Å². The van der Waals surface area contributed by atoms with Crippen molar-refractivity contribution in [3.63, 3.8) is 0 Å². The predicted molar refractivity (Wildman–Crippen MR) is 151 cm³/mol. The number of methoxy groups -OCH3 is 2. The van der Waals surface area contributed by atoms with Crippen molar-refractivity contribution in [3.8, 4) is 11.1 Å². The molecule has 0 spiro atoms. The molecule has 2 aromatic rings. The molecule has 206 valence electrons. The van der Waals surface area contributed by atoms with Crippen molar-refractivity contribution < 1.29 is 19.1 Å². The lowest BCUT2D eigenvalue weighted by atomic mass is 9.90. The molecule has 0 radical (unpaired) electrons. The number of nitrogens with two attached hydrogens (primary N) is 1.